The molecule has 16 heavy (non-hydrogen) atoms. The van der Waals surface area contributed by atoms with E-state index in [1.54, 1.807) is 0 Å². The smallest absolute Gasteiger partial charge is 0.316 e. The minimum Gasteiger partial charge on any atom is -0.316 e. The van der Waals surface area contributed by atoms with E-state index in [9.17, 15) is 13.2 Å². The van der Waals surface area contributed by atoms with E-state index in [0.29, 0.717) is 12.5 Å². The summed E-state index contributed by atoms with van der Waals surface area (Å²) >= 11 is 6.17. The Morgan fingerprint density at radius 1 is 1.25 bits per heavy atom. The van der Waals surface area contributed by atoms with Gasteiger partial charge in [0, 0.05) is 17.7 Å². The molecule has 0 aromatic carbocycles. The molecule has 1 fully saturated rings. The first-order valence-corrected chi connectivity index (χ1v) is 6.97. The summed E-state index contributed by atoms with van der Waals surface area (Å²) in [5.74, 6) is 0.495. The second-order valence-electron chi connectivity index (χ2n) is 4.06. The van der Waals surface area contributed by atoms with Crippen molar-refractivity contribution in [3.8, 4) is 0 Å². The van der Waals surface area contributed by atoms with E-state index in [1.807, 2.05) is 0 Å². The van der Waals surface area contributed by atoms with Crippen LogP contribution in [0.2, 0.25) is 0 Å². The Morgan fingerprint density at radius 3 is 2.56 bits per heavy atom. The first kappa shape index (κ1) is 14.5. The van der Waals surface area contributed by atoms with Crippen LogP contribution in [0.5, 0.6) is 0 Å². The molecule has 2 atom stereocenters. The topological polar surface area (TPSA) is 12.0 Å². The summed E-state index contributed by atoms with van der Waals surface area (Å²) in [6, 6.07) is 0. The van der Waals surface area contributed by atoms with Crippen LogP contribution in [-0.4, -0.2) is 29.7 Å². The molecule has 1 saturated carbocycles. The summed E-state index contributed by atoms with van der Waals surface area (Å²) in [6.07, 6.45) is 4.49. The first-order chi connectivity index (χ1) is 7.49. The monoisotopic (exact) mass is 275 g/mol. The molecule has 0 amide bonds. The second kappa shape index (κ2) is 6.97. The van der Waals surface area contributed by atoms with Crippen molar-refractivity contribution in [1.82, 2.24) is 5.32 Å². The molecule has 96 valence electrons. The van der Waals surface area contributed by atoms with Gasteiger partial charge in [-0.05, 0) is 37.1 Å². The van der Waals surface area contributed by atoms with Crippen LogP contribution in [0, 0.1) is 5.92 Å². The lowest BCUT2D eigenvalue weighted by Crippen LogP contribution is -2.32. The van der Waals surface area contributed by atoms with Crippen LogP contribution < -0.4 is 5.32 Å². The number of halogens is 4. The molecular formula is C10H17ClF3NS. The zero-order valence-corrected chi connectivity index (χ0v) is 10.6. The molecule has 0 bridgehead atoms. The van der Waals surface area contributed by atoms with E-state index in [4.69, 9.17) is 11.6 Å². The molecule has 1 nitrogen and oxygen atoms in total. The van der Waals surface area contributed by atoms with Crippen LogP contribution >= 0.6 is 23.4 Å². The Hall–Kier alpha value is 0.390. The van der Waals surface area contributed by atoms with E-state index in [-0.39, 0.29) is 22.9 Å². The van der Waals surface area contributed by atoms with Gasteiger partial charge in [-0.1, -0.05) is 12.8 Å². The fraction of sp³-hybridized carbons (Fsp3) is 1.00. The lowest BCUT2D eigenvalue weighted by atomic mass is 9.89. The highest BCUT2D eigenvalue weighted by Crippen LogP contribution is 2.30. The molecule has 1 aliphatic rings. The first-order valence-electron chi connectivity index (χ1n) is 5.54. The Kier molecular flexibility index (Phi) is 6.29. The molecule has 0 spiro atoms. The van der Waals surface area contributed by atoms with Gasteiger partial charge in [-0.2, -0.15) is 13.2 Å². The minimum atomic E-state index is -4.11. The quantitative estimate of drug-likeness (QED) is 0.607. The highest BCUT2D eigenvalue weighted by atomic mass is 35.5. The van der Waals surface area contributed by atoms with Crippen molar-refractivity contribution in [2.24, 2.45) is 5.92 Å². The van der Waals surface area contributed by atoms with Crippen molar-refractivity contribution in [2.75, 3.05) is 18.8 Å². The lowest BCUT2D eigenvalue weighted by molar-refractivity contribution is -0.0327. The van der Waals surface area contributed by atoms with Crippen molar-refractivity contribution >= 4 is 23.4 Å². The molecule has 1 rings (SSSR count). The summed E-state index contributed by atoms with van der Waals surface area (Å²) in [5, 5.41) is 3.24. The zero-order valence-electron chi connectivity index (χ0n) is 9.02. The lowest BCUT2D eigenvalue weighted by Gasteiger charge is -2.27. The third-order valence-electron chi connectivity index (χ3n) is 2.77. The van der Waals surface area contributed by atoms with Crippen LogP contribution in [0.1, 0.15) is 25.7 Å². The van der Waals surface area contributed by atoms with Crippen LogP contribution in [0.4, 0.5) is 13.2 Å². The third-order valence-corrected chi connectivity index (χ3v) is 4.08. The Morgan fingerprint density at radius 2 is 1.94 bits per heavy atom. The predicted molar refractivity (Wildman–Crippen MR) is 63.0 cm³/mol. The highest BCUT2D eigenvalue weighted by Gasteiger charge is 2.27. The molecule has 1 N–H and O–H groups in total. The summed E-state index contributed by atoms with van der Waals surface area (Å²) < 4.78 is 35.4. The van der Waals surface area contributed by atoms with Crippen LogP contribution in [0.3, 0.4) is 0 Å². The second-order valence-corrected chi connectivity index (χ2v) is 5.78. The number of thioether (sulfide) groups is 1. The van der Waals surface area contributed by atoms with E-state index in [0.717, 1.165) is 19.4 Å². The van der Waals surface area contributed by atoms with E-state index in [1.165, 1.54) is 12.8 Å². The number of nitrogens with one attached hydrogen (secondary N) is 1. The van der Waals surface area contributed by atoms with Crippen molar-refractivity contribution in [3.63, 3.8) is 0 Å². The molecule has 0 aromatic heterocycles. The number of rotatable bonds is 5. The number of alkyl halides is 4. The normalized spacial score (nSPS) is 27.0. The van der Waals surface area contributed by atoms with Gasteiger partial charge < -0.3 is 5.32 Å². The summed E-state index contributed by atoms with van der Waals surface area (Å²) in [7, 11) is 0. The van der Waals surface area contributed by atoms with Crippen molar-refractivity contribution < 1.29 is 13.2 Å². The molecule has 0 saturated heterocycles. The molecule has 0 radical (unpaired) electrons. The maximum Gasteiger partial charge on any atom is 0.441 e. The largest absolute Gasteiger partial charge is 0.441 e. The fourth-order valence-corrected chi connectivity index (χ4v) is 2.77. The standard InChI is InChI=1S/C10H17ClF3NS/c11-9-4-2-1-3-8(9)7-15-5-6-16-10(12,13)14/h8-9,15H,1-7H2. The molecule has 2 unspecified atom stereocenters. The predicted octanol–water partition coefficient (Wildman–Crippen LogP) is 3.63. The third kappa shape index (κ3) is 6.21. The van der Waals surface area contributed by atoms with E-state index in [2.05, 4.69) is 5.32 Å². The van der Waals surface area contributed by atoms with Gasteiger partial charge in [0.05, 0.1) is 0 Å². The van der Waals surface area contributed by atoms with Crippen molar-refractivity contribution in [3.05, 3.63) is 0 Å². The summed E-state index contributed by atoms with van der Waals surface area (Å²) in [4.78, 5) is 0. The van der Waals surface area contributed by atoms with Gasteiger partial charge in [-0.15, -0.1) is 11.6 Å². The van der Waals surface area contributed by atoms with Crippen molar-refractivity contribution in [2.45, 2.75) is 36.6 Å². The summed E-state index contributed by atoms with van der Waals surface area (Å²) in [5.41, 5.74) is -4.11. The Balaban J connectivity index is 2.02. The molecular weight excluding hydrogens is 259 g/mol. The SMILES string of the molecule is FC(F)(F)SCCNCC1CCCCC1Cl. The van der Waals surface area contributed by atoms with Gasteiger partial charge in [0.15, 0.2) is 0 Å². The summed E-state index contributed by atoms with van der Waals surface area (Å²) in [6.45, 7) is 1.14. The fourth-order valence-electron chi connectivity index (χ4n) is 1.92. The number of hydrogen-bond acceptors (Lipinski definition) is 2. The van der Waals surface area contributed by atoms with Gasteiger partial charge in [0.2, 0.25) is 0 Å². The average molecular weight is 276 g/mol. The van der Waals surface area contributed by atoms with Gasteiger partial charge in [-0.3, -0.25) is 0 Å². The Bertz CT molecular complexity index is 201. The average Bonchev–Trinajstić information content (AvgIpc) is 2.18. The maximum atomic E-state index is 11.8. The van der Waals surface area contributed by atoms with Crippen LogP contribution in [0.25, 0.3) is 0 Å². The van der Waals surface area contributed by atoms with Crippen LogP contribution in [0.15, 0.2) is 0 Å². The van der Waals surface area contributed by atoms with Gasteiger partial charge in [0.25, 0.3) is 0 Å². The van der Waals surface area contributed by atoms with Gasteiger partial charge in [0.1, 0.15) is 0 Å². The molecule has 0 aliphatic heterocycles. The number of hydrogen-bond donors (Lipinski definition) is 1. The zero-order chi connectivity index (χ0) is 12.0. The molecule has 0 aromatic rings. The molecule has 0 heterocycles. The van der Waals surface area contributed by atoms with Crippen LogP contribution in [-0.2, 0) is 0 Å². The highest BCUT2D eigenvalue weighted by molar-refractivity contribution is 8.00. The Labute approximate surface area is 103 Å². The van der Waals surface area contributed by atoms with Gasteiger partial charge >= 0.3 is 5.51 Å². The van der Waals surface area contributed by atoms with Gasteiger partial charge in [-0.25, -0.2) is 0 Å². The van der Waals surface area contributed by atoms with Crippen molar-refractivity contribution in [1.29, 1.82) is 0 Å². The van der Waals surface area contributed by atoms with E-state index < -0.39 is 5.51 Å². The molecule has 6 heteroatoms. The molecule has 1 aliphatic carbocycles. The minimum absolute atomic E-state index is 0.0255. The van der Waals surface area contributed by atoms with E-state index >= 15 is 0 Å². The maximum absolute atomic E-state index is 11.8.